The average molecular weight is 1330 g/mol. The minimum Gasteiger partial charge on any atom is -0.501 e. The molecule has 0 unspecified atom stereocenters. The molecule has 6 aromatic carbocycles. The highest BCUT2D eigenvalue weighted by molar-refractivity contribution is 9.10. The Bertz CT molecular complexity index is 3590. The zero-order chi connectivity index (χ0) is 69.8. The topological polar surface area (TPSA) is 179 Å². The van der Waals surface area contributed by atoms with E-state index in [-0.39, 0.29) is 5.56 Å². The summed E-state index contributed by atoms with van der Waals surface area (Å²) < 4.78 is 10.8. The third-order valence-corrected chi connectivity index (χ3v) is 12.3. The molecule has 478 valence electrons. The number of benzene rings is 6. The maximum absolute atomic E-state index is 11.1. The van der Waals surface area contributed by atoms with E-state index in [1.54, 1.807) is 61.1 Å². The van der Waals surface area contributed by atoms with E-state index in [9.17, 15) is 9.59 Å². The minimum absolute atomic E-state index is 0.0249. The second-order valence-electron chi connectivity index (χ2n) is 17.9. The summed E-state index contributed by atoms with van der Waals surface area (Å²) in [7, 11) is -2.45. The molecule has 0 radical (unpaired) electrons. The van der Waals surface area contributed by atoms with Crippen molar-refractivity contribution in [1.82, 2.24) is 9.97 Å². The fourth-order valence-electron chi connectivity index (χ4n) is 5.65. The number of carbonyl (C=O) groups is 1. The first-order valence-electron chi connectivity index (χ1n) is 30.3. The number of hydrogen-bond donors (Lipinski definition) is 2. The van der Waals surface area contributed by atoms with Gasteiger partial charge in [0.05, 0.1) is 36.2 Å². The highest BCUT2D eigenvalue weighted by Crippen LogP contribution is 2.20. The lowest BCUT2D eigenvalue weighted by molar-refractivity contribution is 0.1000. The molecule has 0 saturated heterocycles. The van der Waals surface area contributed by atoms with Gasteiger partial charge in [-0.05, 0) is 119 Å². The van der Waals surface area contributed by atoms with Crippen LogP contribution in [0.2, 0.25) is 44.4 Å². The number of terminal acetylenes is 1. The number of halogens is 2. The summed E-state index contributed by atoms with van der Waals surface area (Å²) in [5, 5.41) is 30.4. The lowest BCUT2D eigenvalue weighted by atomic mass is 10.1. The number of pyridine rings is 2. The summed E-state index contributed by atoms with van der Waals surface area (Å²) in [6.45, 7) is 41.9. The maximum atomic E-state index is 11.1. The molecule has 8 rings (SSSR count). The summed E-state index contributed by atoms with van der Waals surface area (Å²) in [5.74, 6) is 5.43. The summed E-state index contributed by atoms with van der Waals surface area (Å²) in [6, 6.07) is 54.6. The Morgan fingerprint density at radius 2 is 1.01 bits per heavy atom. The van der Waals surface area contributed by atoms with Gasteiger partial charge in [0.1, 0.15) is 45.6 Å². The van der Waals surface area contributed by atoms with Crippen molar-refractivity contribution in [2.45, 2.75) is 136 Å². The molecule has 3 N–H and O–H groups in total. The largest absolute Gasteiger partial charge is 0.501 e. The van der Waals surface area contributed by atoms with E-state index in [0.717, 1.165) is 37.1 Å². The van der Waals surface area contributed by atoms with Crippen molar-refractivity contribution in [3.8, 4) is 53.7 Å². The monoisotopic (exact) mass is 1330 g/mol. The van der Waals surface area contributed by atoms with Crippen LogP contribution in [-0.2, 0) is 9.47 Å². The molecule has 1 amide bonds. The lowest BCUT2D eigenvalue weighted by Crippen LogP contribution is -2.16. The van der Waals surface area contributed by atoms with Crippen molar-refractivity contribution in [3.63, 3.8) is 0 Å². The summed E-state index contributed by atoms with van der Waals surface area (Å²) in [4.78, 5) is 28.7. The predicted molar refractivity (Wildman–Crippen MR) is 397 cm³/mol. The fourth-order valence-corrected chi connectivity index (χ4v) is 6.76. The van der Waals surface area contributed by atoms with E-state index in [1.165, 1.54) is 0 Å². The van der Waals surface area contributed by atoms with Gasteiger partial charge in [-0.2, -0.15) is 15.8 Å². The molecule has 8 aromatic rings. The number of aromatic nitrogens is 2. The number of fused-ring (bicyclic) bond motifs is 2. The first kappa shape index (κ1) is 89.9. The standard InChI is InChI=1S/C12H13NSi.C11H13NO2.C11H9NO.C9H6ClN.C9H7NO.C7H4BrN.C5H10Si.6C2H6/c1-14(2,3)9-8-11-6-4-5-7-12(11)10-13;1-2-14-8-7-9-5-3-4-6-10(9)11(12)13;1-2-13-8-7-10-5-3-4-6-11(10)9-12;10-9-8-4-2-1-3-7(8)5-6-11-9;11-9-8-4-2-1-3-7(8)5-6-10-9;8-7-4-2-1-3-6(7)5-9;1-5-6(2,3)4;6*1-2/h4-7H,1-3H3;3-8H,2H2,1H3,(H2,12,13);3-6H,2H2,1H3;1-6H;1-6H,(H,10,11);1-4H;1H,2-4H3;6*1-2H3. The Morgan fingerprint density at radius 1 is 0.589 bits per heavy atom. The van der Waals surface area contributed by atoms with Crippen LogP contribution in [0.4, 0.5) is 0 Å². The number of ether oxygens (including phenoxy) is 2. The summed E-state index contributed by atoms with van der Waals surface area (Å²) in [5.41, 5.74) is 15.9. The second kappa shape index (κ2) is 59.1. The van der Waals surface area contributed by atoms with Crippen molar-refractivity contribution >= 4 is 77.2 Å². The number of nitriles is 3. The van der Waals surface area contributed by atoms with Gasteiger partial charge in [0.15, 0.2) is 0 Å². The molecule has 2 heterocycles. The molecular weight excluding hydrogens is 1230 g/mol. The van der Waals surface area contributed by atoms with Gasteiger partial charge in [0.2, 0.25) is 5.91 Å². The van der Waals surface area contributed by atoms with Gasteiger partial charge in [0.25, 0.3) is 5.56 Å². The number of nitrogens with zero attached hydrogens (tertiary/aromatic N) is 4. The molecular formula is C76H98BrClN6O4Si2. The SMILES string of the molecule is C#C[Si](C)(C)C.CC.CC.CC.CC.CC.CC.CCOC#Cc1ccccc1C#N.CCOC=Cc1ccccc1C(N)=O.C[Si](C)(C)C#Cc1ccccc1C#N.Clc1nccc2ccccc12.N#Cc1ccccc1Br.O=c1[nH]ccc2ccccc12. The Morgan fingerprint density at radius 3 is 1.43 bits per heavy atom. The van der Waals surface area contributed by atoms with E-state index in [4.69, 9.17) is 49.0 Å². The van der Waals surface area contributed by atoms with Crippen LogP contribution in [0.25, 0.3) is 27.6 Å². The quantitative estimate of drug-likeness (QED) is 0.0740. The maximum Gasteiger partial charge on any atom is 0.255 e. The van der Waals surface area contributed by atoms with E-state index in [2.05, 4.69) is 106 Å². The van der Waals surface area contributed by atoms with Gasteiger partial charge >= 0.3 is 0 Å². The first-order valence-corrected chi connectivity index (χ1v) is 38.5. The Hall–Kier alpha value is -8.90. The van der Waals surface area contributed by atoms with Crippen molar-refractivity contribution in [3.05, 3.63) is 235 Å². The highest BCUT2D eigenvalue weighted by atomic mass is 79.9. The van der Waals surface area contributed by atoms with Crippen molar-refractivity contribution in [1.29, 1.82) is 15.8 Å². The molecule has 2 aromatic heterocycles. The Labute approximate surface area is 557 Å². The van der Waals surface area contributed by atoms with Crippen LogP contribution in [0.1, 0.15) is 141 Å². The Kier molecular flexibility index (Phi) is 59.0. The molecule has 90 heavy (non-hydrogen) atoms. The van der Waals surface area contributed by atoms with E-state index in [1.807, 2.05) is 224 Å². The van der Waals surface area contributed by atoms with Gasteiger partial charge in [0, 0.05) is 44.3 Å². The zero-order valence-electron chi connectivity index (χ0n) is 57.1. The molecule has 10 nitrogen and oxygen atoms in total. The van der Waals surface area contributed by atoms with Crippen LogP contribution in [0.15, 0.2) is 186 Å². The lowest BCUT2D eigenvalue weighted by Gasteiger charge is -2.03. The average Bonchev–Trinajstić information content (AvgIpc) is 1.89. The molecule has 0 bridgehead atoms. The number of carbonyl (C=O) groups excluding carboxylic acids is 1. The van der Waals surface area contributed by atoms with Crippen molar-refractivity contribution < 1.29 is 14.3 Å². The normalized spacial score (nSPS) is 8.73. The van der Waals surface area contributed by atoms with Gasteiger partial charge in [-0.15, -0.1) is 17.5 Å². The number of aromatic amines is 1. The van der Waals surface area contributed by atoms with E-state index < -0.39 is 22.1 Å². The van der Waals surface area contributed by atoms with Crippen LogP contribution >= 0.6 is 27.5 Å². The van der Waals surface area contributed by atoms with Gasteiger partial charge in [-0.3, -0.25) is 9.59 Å². The molecule has 0 fully saturated rings. The van der Waals surface area contributed by atoms with Crippen LogP contribution in [0.3, 0.4) is 0 Å². The smallest absolute Gasteiger partial charge is 0.255 e. The molecule has 0 spiro atoms. The number of amides is 1. The predicted octanol–water partition coefficient (Wildman–Crippen LogP) is 20.9. The van der Waals surface area contributed by atoms with Crippen LogP contribution < -0.4 is 11.3 Å². The molecule has 0 aliphatic rings. The first-order chi connectivity index (χ1) is 43.3. The van der Waals surface area contributed by atoms with Crippen molar-refractivity contribution in [2.75, 3.05) is 13.2 Å². The van der Waals surface area contributed by atoms with Gasteiger partial charge in [-0.1, -0.05) is 237 Å². The molecule has 14 heteroatoms. The number of primary amides is 1. The number of nitrogens with one attached hydrogen (secondary N) is 1. The number of rotatable bonds is 5. The number of H-pyrrole nitrogens is 1. The summed E-state index contributed by atoms with van der Waals surface area (Å²) >= 11 is 9.08. The molecule has 0 aliphatic heterocycles. The van der Waals surface area contributed by atoms with Gasteiger partial charge < -0.3 is 20.2 Å². The molecule has 0 saturated carbocycles. The van der Waals surface area contributed by atoms with Crippen LogP contribution in [-0.4, -0.2) is 45.2 Å². The Balaban J connectivity index is -0.000000306. The van der Waals surface area contributed by atoms with Crippen molar-refractivity contribution in [2.24, 2.45) is 5.73 Å². The molecule has 0 atom stereocenters. The van der Waals surface area contributed by atoms with Crippen LogP contribution in [0.5, 0.6) is 0 Å². The number of hydrogen-bond acceptors (Lipinski definition) is 8. The van der Waals surface area contributed by atoms with Crippen LogP contribution in [0, 0.1) is 69.5 Å². The van der Waals surface area contributed by atoms with E-state index in [0.29, 0.717) is 46.2 Å². The zero-order valence-corrected chi connectivity index (χ0v) is 61.4. The minimum atomic E-state index is -1.35. The number of nitrogens with two attached hydrogens (primary N) is 1. The van der Waals surface area contributed by atoms with E-state index >= 15 is 0 Å². The highest BCUT2D eigenvalue weighted by Gasteiger charge is 2.08. The second-order valence-corrected chi connectivity index (χ2v) is 28.6. The third kappa shape index (κ3) is 42.9. The summed E-state index contributed by atoms with van der Waals surface area (Å²) in [6.07, 6.45) is 14.3. The fraction of sp³-hybridized carbons (Fsp3) is 0.289. The molecule has 0 aliphatic carbocycles. The van der Waals surface area contributed by atoms with Gasteiger partial charge in [-0.25, -0.2) is 4.98 Å². The third-order valence-electron chi connectivity index (χ3n) is 9.54.